The summed E-state index contributed by atoms with van der Waals surface area (Å²) in [4.78, 5) is 16.6. The molecule has 2 heterocycles. The highest BCUT2D eigenvalue weighted by Gasteiger charge is 2.30. The Kier molecular flexibility index (Phi) is 4.64. The third kappa shape index (κ3) is 3.73. The molecular formula is C17H22N4O3S. The van der Waals surface area contributed by atoms with E-state index in [0.717, 1.165) is 11.3 Å². The molecule has 1 amide bonds. The number of aryl methyl sites for hydroxylation is 1. The second-order valence-corrected chi connectivity index (χ2v) is 8.91. The zero-order valence-electron chi connectivity index (χ0n) is 14.6. The number of carbonyl (C=O) groups excluding carboxylic acids is 1. The van der Waals surface area contributed by atoms with Gasteiger partial charge < -0.3 is 5.32 Å². The van der Waals surface area contributed by atoms with Crippen LogP contribution in [0.25, 0.3) is 5.69 Å². The number of carbonyl (C=O) groups is 1. The van der Waals surface area contributed by atoms with Crippen LogP contribution in [0.1, 0.15) is 48.2 Å². The lowest BCUT2D eigenvalue weighted by Gasteiger charge is -2.12. The van der Waals surface area contributed by atoms with E-state index < -0.39 is 15.7 Å². The maximum Gasteiger partial charge on any atom is 0.291 e. The fraction of sp³-hybridized carbons (Fsp3) is 0.471. The third-order valence-electron chi connectivity index (χ3n) is 4.33. The van der Waals surface area contributed by atoms with Crippen molar-refractivity contribution in [3.63, 3.8) is 0 Å². The zero-order valence-corrected chi connectivity index (χ0v) is 15.4. The number of hydrogen-bond acceptors (Lipinski definition) is 5. The maximum absolute atomic E-state index is 12.4. The lowest BCUT2D eigenvalue weighted by Crippen LogP contribution is -2.36. The lowest BCUT2D eigenvalue weighted by atomic mass is 10.0. The van der Waals surface area contributed by atoms with Crippen molar-refractivity contribution in [3.8, 4) is 5.69 Å². The van der Waals surface area contributed by atoms with Gasteiger partial charge in [-0.05, 0) is 30.9 Å². The number of nitrogens with zero attached hydrogens (tertiary/aromatic N) is 3. The summed E-state index contributed by atoms with van der Waals surface area (Å²) < 4.78 is 24.7. The predicted octanol–water partition coefficient (Wildman–Crippen LogP) is 1.62. The minimum absolute atomic E-state index is 0.0192. The van der Waals surface area contributed by atoms with Crippen LogP contribution in [0.15, 0.2) is 24.3 Å². The highest BCUT2D eigenvalue weighted by Crippen LogP contribution is 2.23. The third-order valence-corrected chi connectivity index (χ3v) is 6.09. The Balaban J connectivity index is 1.85. The fourth-order valence-corrected chi connectivity index (χ4v) is 4.72. The summed E-state index contributed by atoms with van der Waals surface area (Å²) in [7, 11) is -3.05. The molecular weight excluding hydrogens is 340 g/mol. The van der Waals surface area contributed by atoms with E-state index in [1.807, 2.05) is 24.3 Å². The van der Waals surface area contributed by atoms with Crippen molar-refractivity contribution < 1.29 is 13.2 Å². The number of aromatic nitrogens is 3. The van der Waals surface area contributed by atoms with Gasteiger partial charge in [0.25, 0.3) is 5.91 Å². The highest BCUT2D eigenvalue weighted by atomic mass is 32.2. The zero-order chi connectivity index (χ0) is 18.2. The molecule has 1 aliphatic heterocycles. The van der Waals surface area contributed by atoms with Crippen LogP contribution in [0.5, 0.6) is 0 Å². The molecule has 0 radical (unpaired) electrons. The van der Waals surface area contributed by atoms with Crippen LogP contribution in [0.4, 0.5) is 0 Å². The predicted molar refractivity (Wildman–Crippen MR) is 94.7 cm³/mol. The molecule has 134 valence electrons. The molecule has 7 nitrogen and oxygen atoms in total. The largest absolute Gasteiger partial charge is 0.345 e. The van der Waals surface area contributed by atoms with Crippen LogP contribution in [-0.2, 0) is 9.84 Å². The van der Waals surface area contributed by atoms with Gasteiger partial charge in [-0.1, -0.05) is 32.0 Å². The lowest BCUT2D eigenvalue weighted by molar-refractivity contribution is 0.0930. The molecule has 0 saturated carbocycles. The number of nitrogens with one attached hydrogen (secondary N) is 1. The summed E-state index contributed by atoms with van der Waals surface area (Å²) >= 11 is 0. The smallest absolute Gasteiger partial charge is 0.291 e. The van der Waals surface area contributed by atoms with Crippen LogP contribution in [0.2, 0.25) is 0 Å². The Morgan fingerprint density at radius 3 is 2.68 bits per heavy atom. The average Bonchev–Trinajstić information content (AvgIpc) is 3.09. The molecule has 1 atom stereocenters. The van der Waals surface area contributed by atoms with Gasteiger partial charge in [0.15, 0.2) is 9.84 Å². The van der Waals surface area contributed by atoms with Gasteiger partial charge in [0.2, 0.25) is 5.82 Å². The van der Waals surface area contributed by atoms with E-state index in [4.69, 9.17) is 0 Å². The van der Waals surface area contributed by atoms with Gasteiger partial charge in [-0.2, -0.15) is 0 Å². The summed E-state index contributed by atoms with van der Waals surface area (Å²) in [5, 5.41) is 7.07. The summed E-state index contributed by atoms with van der Waals surface area (Å²) in [5.74, 6) is 0.624. The van der Waals surface area contributed by atoms with E-state index in [2.05, 4.69) is 29.2 Å². The summed E-state index contributed by atoms with van der Waals surface area (Å²) in [6.45, 7) is 5.99. The van der Waals surface area contributed by atoms with Gasteiger partial charge in [-0.3, -0.25) is 4.79 Å². The van der Waals surface area contributed by atoms with E-state index in [9.17, 15) is 13.2 Å². The maximum atomic E-state index is 12.4. The number of sulfone groups is 1. The SMILES string of the molecule is Cc1nc(C(=O)NC2CCS(=O)(=O)C2)nn1-c1ccccc1C(C)C. The first kappa shape index (κ1) is 17.6. The molecule has 1 aliphatic rings. The minimum Gasteiger partial charge on any atom is -0.345 e. The number of benzene rings is 1. The molecule has 25 heavy (non-hydrogen) atoms. The Morgan fingerprint density at radius 1 is 1.32 bits per heavy atom. The molecule has 2 aromatic rings. The standard InChI is InChI=1S/C17H22N4O3S/c1-11(2)14-6-4-5-7-15(14)21-12(3)18-16(20-21)17(22)19-13-8-9-25(23,24)10-13/h4-7,11,13H,8-10H2,1-3H3,(H,19,22). The van der Waals surface area contributed by atoms with E-state index in [-0.39, 0.29) is 23.4 Å². The van der Waals surface area contributed by atoms with Crippen LogP contribution in [-0.4, -0.2) is 46.6 Å². The van der Waals surface area contributed by atoms with Gasteiger partial charge in [-0.15, -0.1) is 5.10 Å². The van der Waals surface area contributed by atoms with Crippen molar-refractivity contribution in [1.29, 1.82) is 0 Å². The van der Waals surface area contributed by atoms with E-state index in [1.165, 1.54) is 0 Å². The molecule has 0 spiro atoms. The van der Waals surface area contributed by atoms with Gasteiger partial charge in [0.1, 0.15) is 5.82 Å². The number of hydrogen-bond donors (Lipinski definition) is 1. The number of para-hydroxylation sites is 1. The van der Waals surface area contributed by atoms with Crippen molar-refractivity contribution in [2.24, 2.45) is 0 Å². The van der Waals surface area contributed by atoms with Crippen LogP contribution < -0.4 is 5.32 Å². The molecule has 1 aromatic heterocycles. The first-order valence-corrected chi connectivity index (χ1v) is 10.1. The second-order valence-electron chi connectivity index (χ2n) is 6.68. The highest BCUT2D eigenvalue weighted by molar-refractivity contribution is 7.91. The first-order chi connectivity index (χ1) is 11.8. The molecule has 1 aromatic carbocycles. The number of rotatable bonds is 4. The molecule has 8 heteroatoms. The molecule has 1 N–H and O–H groups in total. The summed E-state index contributed by atoms with van der Waals surface area (Å²) in [5.41, 5.74) is 2.01. The van der Waals surface area contributed by atoms with Gasteiger partial charge >= 0.3 is 0 Å². The Bertz CT molecular complexity index is 902. The summed E-state index contributed by atoms with van der Waals surface area (Å²) in [6.07, 6.45) is 0.434. The van der Waals surface area contributed by atoms with Gasteiger partial charge in [0, 0.05) is 6.04 Å². The first-order valence-electron chi connectivity index (χ1n) is 8.31. The van der Waals surface area contributed by atoms with E-state index >= 15 is 0 Å². The average molecular weight is 362 g/mol. The topological polar surface area (TPSA) is 93.9 Å². The molecule has 3 rings (SSSR count). The van der Waals surface area contributed by atoms with Crippen molar-refractivity contribution in [1.82, 2.24) is 20.1 Å². The Morgan fingerprint density at radius 2 is 2.04 bits per heavy atom. The normalized spacial score (nSPS) is 19.3. The minimum atomic E-state index is -3.05. The quantitative estimate of drug-likeness (QED) is 0.892. The Hall–Kier alpha value is -2.22. The summed E-state index contributed by atoms with van der Waals surface area (Å²) in [6, 6.07) is 7.50. The molecule has 0 aliphatic carbocycles. The van der Waals surface area contributed by atoms with Crippen LogP contribution >= 0.6 is 0 Å². The van der Waals surface area contributed by atoms with Crippen LogP contribution in [0, 0.1) is 6.92 Å². The molecule has 1 unspecified atom stereocenters. The van der Waals surface area contributed by atoms with Crippen molar-refractivity contribution in [2.45, 2.75) is 39.2 Å². The fourth-order valence-electron chi connectivity index (χ4n) is 3.04. The van der Waals surface area contributed by atoms with Gasteiger partial charge in [-0.25, -0.2) is 18.1 Å². The Labute approximate surface area is 147 Å². The van der Waals surface area contributed by atoms with Crippen molar-refractivity contribution in [2.75, 3.05) is 11.5 Å². The monoisotopic (exact) mass is 362 g/mol. The van der Waals surface area contributed by atoms with E-state index in [1.54, 1.807) is 11.6 Å². The molecule has 1 saturated heterocycles. The van der Waals surface area contributed by atoms with Crippen molar-refractivity contribution >= 4 is 15.7 Å². The van der Waals surface area contributed by atoms with Crippen LogP contribution in [0.3, 0.4) is 0 Å². The molecule has 1 fully saturated rings. The van der Waals surface area contributed by atoms with Gasteiger partial charge in [0.05, 0.1) is 17.2 Å². The molecule has 0 bridgehead atoms. The number of amides is 1. The second kappa shape index (κ2) is 6.59. The van der Waals surface area contributed by atoms with Crippen molar-refractivity contribution in [3.05, 3.63) is 41.5 Å². The van der Waals surface area contributed by atoms with E-state index in [0.29, 0.717) is 18.2 Å².